The third kappa shape index (κ3) is 3.22. The van der Waals surface area contributed by atoms with E-state index in [1.807, 2.05) is 0 Å². The molecule has 1 unspecified atom stereocenters. The molecule has 0 aromatic heterocycles. The first kappa shape index (κ1) is 16.3. The van der Waals surface area contributed by atoms with E-state index >= 15 is 0 Å². The number of nitrogens with one attached hydrogen (secondary N) is 1. The first-order valence-corrected chi connectivity index (χ1v) is 8.04. The predicted octanol–water partition coefficient (Wildman–Crippen LogP) is 2.98. The van der Waals surface area contributed by atoms with Crippen LogP contribution in [0.2, 0.25) is 0 Å². The number of benzene rings is 1. The summed E-state index contributed by atoms with van der Waals surface area (Å²) < 4.78 is 38.7. The van der Waals surface area contributed by atoms with Crippen molar-refractivity contribution in [2.75, 3.05) is 6.54 Å². The molecule has 1 aromatic carbocycles. The Morgan fingerprint density at radius 3 is 2.57 bits per heavy atom. The molecule has 3 N–H and O–H groups in total. The minimum atomic E-state index is -4.40. The fraction of sp³-hybridized carbons (Fsp3) is 0.588. The first-order chi connectivity index (χ1) is 10.8. The lowest BCUT2D eigenvalue weighted by Crippen LogP contribution is -2.52. The largest absolute Gasteiger partial charge is 0.416 e. The zero-order chi connectivity index (χ0) is 16.7. The number of rotatable bonds is 5. The highest BCUT2D eigenvalue weighted by Crippen LogP contribution is 2.45. The first-order valence-electron chi connectivity index (χ1n) is 8.04. The van der Waals surface area contributed by atoms with Crippen LogP contribution in [0.1, 0.15) is 43.2 Å². The quantitative estimate of drug-likeness (QED) is 0.874. The SMILES string of the molecule is NC(CNC(=O)C1(c2cccc(C(F)(F)F)c2)CCC1)C1CC1. The molecule has 0 aliphatic heterocycles. The molecule has 1 aromatic rings. The summed E-state index contributed by atoms with van der Waals surface area (Å²) >= 11 is 0. The Morgan fingerprint density at radius 2 is 2.04 bits per heavy atom. The van der Waals surface area contributed by atoms with E-state index < -0.39 is 17.2 Å². The lowest BCUT2D eigenvalue weighted by molar-refractivity contribution is -0.138. The van der Waals surface area contributed by atoms with Gasteiger partial charge in [0.2, 0.25) is 5.91 Å². The predicted molar refractivity (Wildman–Crippen MR) is 80.7 cm³/mol. The molecule has 0 heterocycles. The highest BCUT2D eigenvalue weighted by Gasteiger charge is 2.46. The second kappa shape index (κ2) is 5.82. The maximum atomic E-state index is 12.9. The van der Waals surface area contributed by atoms with Gasteiger partial charge in [-0.1, -0.05) is 24.6 Å². The Morgan fingerprint density at radius 1 is 1.35 bits per heavy atom. The molecule has 1 amide bonds. The van der Waals surface area contributed by atoms with Crippen LogP contribution < -0.4 is 11.1 Å². The maximum absolute atomic E-state index is 12.9. The molecule has 6 heteroatoms. The van der Waals surface area contributed by atoms with Crippen LogP contribution in [0.3, 0.4) is 0 Å². The summed E-state index contributed by atoms with van der Waals surface area (Å²) in [6.07, 6.45) is -0.201. The number of hydrogen-bond donors (Lipinski definition) is 2. The van der Waals surface area contributed by atoms with E-state index in [0.29, 0.717) is 30.9 Å². The highest BCUT2D eigenvalue weighted by molar-refractivity contribution is 5.89. The van der Waals surface area contributed by atoms with Crippen molar-refractivity contribution in [3.8, 4) is 0 Å². The fourth-order valence-corrected chi connectivity index (χ4v) is 3.24. The van der Waals surface area contributed by atoms with Crippen LogP contribution >= 0.6 is 0 Å². The van der Waals surface area contributed by atoms with Crippen molar-refractivity contribution < 1.29 is 18.0 Å². The van der Waals surface area contributed by atoms with Crippen LogP contribution in [0, 0.1) is 5.92 Å². The Hall–Kier alpha value is -1.56. The van der Waals surface area contributed by atoms with Gasteiger partial charge in [0, 0.05) is 12.6 Å². The summed E-state index contributed by atoms with van der Waals surface area (Å²) in [5.41, 5.74) is 4.91. The molecule has 2 aliphatic rings. The van der Waals surface area contributed by atoms with Gasteiger partial charge in [0.05, 0.1) is 11.0 Å². The topological polar surface area (TPSA) is 55.1 Å². The van der Waals surface area contributed by atoms with E-state index in [-0.39, 0.29) is 11.9 Å². The Kier molecular flexibility index (Phi) is 4.12. The number of carbonyl (C=O) groups is 1. The van der Waals surface area contributed by atoms with E-state index in [2.05, 4.69) is 5.32 Å². The molecule has 2 saturated carbocycles. The molecular formula is C17H21F3N2O. The maximum Gasteiger partial charge on any atom is 0.416 e. The average molecular weight is 326 g/mol. The van der Waals surface area contributed by atoms with Crippen molar-refractivity contribution in [2.45, 2.75) is 49.7 Å². The smallest absolute Gasteiger partial charge is 0.354 e. The molecule has 0 saturated heterocycles. The zero-order valence-corrected chi connectivity index (χ0v) is 12.8. The second-order valence-electron chi connectivity index (χ2n) is 6.73. The summed E-state index contributed by atoms with van der Waals surface area (Å²) in [4.78, 5) is 12.6. The summed E-state index contributed by atoms with van der Waals surface area (Å²) in [6, 6.07) is 5.09. The van der Waals surface area contributed by atoms with Gasteiger partial charge in [0.1, 0.15) is 0 Å². The number of nitrogens with two attached hydrogens (primary N) is 1. The summed E-state index contributed by atoms with van der Waals surface area (Å²) in [5.74, 6) is 0.278. The minimum Gasteiger partial charge on any atom is -0.354 e. The van der Waals surface area contributed by atoms with Gasteiger partial charge in [0.25, 0.3) is 0 Å². The van der Waals surface area contributed by atoms with Crippen molar-refractivity contribution in [1.29, 1.82) is 0 Å². The second-order valence-corrected chi connectivity index (χ2v) is 6.73. The summed E-state index contributed by atoms with van der Waals surface area (Å²) in [6.45, 7) is 0.393. The third-order valence-electron chi connectivity index (χ3n) is 5.11. The molecule has 0 radical (unpaired) electrons. The molecule has 0 bridgehead atoms. The Balaban J connectivity index is 1.76. The Bertz CT molecular complexity index is 592. The fourth-order valence-electron chi connectivity index (χ4n) is 3.24. The highest BCUT2D eigenvalue weighted by atomic mass is 19.4. The van der Waals surface area contributed by atoms with Crippen LogP contribution in [-0.2, 0) is 16.4 Å². The monoisotopic (exact) mass is 326 g/mol. The molecule has 2 aliphatic carbocycles. The summed E-state index contributed by atoms with van der Waals surface area (Å²) in [5, 5.41) is 2.86. The Labute approximate surface area is 133 Å². The van der Waals surface area contributed by atoms with E-state index in [1.165, 1.54) is 6.07 Å². The normalized spacial score (nSPS) is 21.4. The van der Waals surface area contributed by atoms with Crippen molar-refractivity contribution in [3.63, 3.8) is 0 Å². The van der Waals surface area contributed by atoms with Crippen molar-refractivity contribution >= 4 is 5.91 Å². The molecule has 23 heavy (non-hydrogen) atoms. The van der Waals surface area contributed by atoms with E-state index in [1.54, 1.807) is 6.07 Å². The number of halogens is 3. The van der Waals surface area contributed by atoms with Gasteiger partial charge >= 0.3 is 6.18 Å². The minimum absolute atomic E-state index is 0.0578. The van der Waals surface area contributed by atoms with Crippen LogP contribution in [0.15, 0.2) is 24.3 Å². The van der Waals surface area contributed by atoms with Crippen LogP contribution in [0.4, 0.5) is 13.2 Å². The van der Waals surface area contributed by atoms with E-state index in [4.69, 9.17) is 5.73 Å². The molecule has 126 valence electrons. The molecule has 0 spiro atoms. The van der Waals surface area contributed by atoms with Crippen LogP contribution in [0.25, 0.3) is 0 Å². The molecule has 3 rings (SSSR count). The van der Waals surface area contributed by atoms with E-state index in [0.717, 1.165) is 31.4 Å². The number of alkyl halides is 3. The average Bonchev–Trinajstić information content (AvgIpc) is 3.27. The van der Waals surface area contributed by atoms with Gasteiger partial charge in [0.15, 0.2) is 0 Å². The molecule has 1 atom stereocenters. The van der Waals surface area contributed by atoms with Gasteiger partial charge in [-0.3, -0.25) is 4.79 Å². The molecule has 3 nitrogen and oxygen atoms in total. The van der Waals surface area contributed by atoms with Crippen molar-refractivity contribution in [3.05, 3.63) is 35.4 Å². The lowest BCUT2D eigenvalue weighted by Gasteiger charge is -2.41. The molecule has 2 fully saturated rings. The standard InChI is InChI=1S/C17H21F3N2O/c18-17(19,20)13-4-1-3-12(9-13)16(7-2-8-16)15(23)22-10-14(21)11-5-6-11/h1,3-4,9,11,14H,2,5-8,10,21H2,(H,22,23). The van der Waals surface area contributed by atoms with Crippen molar-refractivity contribution in [1.82, 2.24) is 5.32 Å². The van der Waals surface area contributed by atoms with Crippen LogP contribution in [-0.4, -0.2) is 18.5 Å². The van der Waals surface area contributed by atoms with Gasteiger partial charge in [-0.15, -0.1) is 0 Å². The third-order valence-corrected chi connectivity index (χ3v) is 5.11. The van der Waals surface area contributed by atoms with Gasteiger partial charge in [-0.2, -0.15) is 13.2 Å². The van der Waals surface area contributed by atoms with Gasteiger partial charge < -0.3 is 11.1 Å². The number of hydrogen-bond acceptors (Lipinski definition) is 2. The molecular weight excluding hydrogens is 305 g/mol. The number of carbonyl (C=O) groups excluding carboxylic acids is 1. The van der Waals surface area contributed by atoms with Crippen molar-refractivity contribution in [2.24, 2.45) is 11.7 Å². The zero-order valence-electron chi connectivity index (χ0n) is 12.8. The number of amides is 1. The van der Waals surface area contributed by atoms with E-state index in [9.17, 15) is 18.0 Å². The van der Waals surface area contributed by atoms with Gasteiger partial charge in [-0.25, -0.2) is 0 Å². The van der Waals surface area contributed by atoms with Crippen LogP contribution in [0.5, 0.6) is 0 Å². The van der Waals surface area contributed by atoms with Gasteiger partial charge in [-0.05, 0) is 43.2 Å². The lowest BCUT2D eigenvalue weighted by atomic mass is 9.63. The summed E-state index contributed by atoms with van der Waals surface area (Å²) in [7, 11) is 0.